The molecule has 0 saturated heterocycles. The number of thioether (sulfide) groups is 1. The van der Waals surface area contributed by atoms with Crippen LogP contribution in [0.1, 0.15) is 23.7 Å². The predicted molar refractivity (Wildman–Crippen MR) is 72.4 cm³/mol. The van der Waals surface area contributed by atoms with Crippen molar-refractivity contribution in [3.63, 3.8) is 0 Å². The Morgan fingerprint density at radius 1 is 1.58 bits per heavy atom. The molecule has 0 aliphatic rings. The predicted octanol–water partition coefficient (Wildman–Crippen LogP) is 1.62. The van der Waals surface area contributed by atoms with E-state index in [0.29, 0.717) is 11.0 Å². The molecule has 0 aromatic carbocycles. The maximum absolute atomic E-state index is 10.6. The van der Waals surface area contributed by atoms with Crippen molar-refractivity contribution in [1.29, 1.82) is 0 Å². The lowest BCUT2D eigenvalue weighted by Crippen LogP contribution is -2.12. The van der Waals surface area contributed by atoms with E-state index in [2.05, 4.69) is 10.2 Å². The topological polar surface area (TPSA) is 88.2 Å². The third-order valence-electron chi connectivity index (χ3n) is 2.54. The molecule has 0 bridgehead atoms. The Hall–Kier alpha value is -1.38. The lowest BCUT2D eigenvalue weighted by Gasteiger charge is -2.15. The Morgan fingerprint density at radius 3 is 2.95 bits per heavy atom. The van der Waals surface area contributed by atoms with Crippen LogP contribution in [0.15, 0.2) is 22.7 Å². The number of carboxylic acids is 1. The van der Waals surface area contributed by atoms with Gasteiger partial charge in [-0.25, -0.2) is 0 Å². The van der Waals surface area contributed by atoms with E-state index in [9.17, 15) is 9.90 Å². The van der Waals surface area contributed by atoms with Gasteiger partial charge in [-0.2, -0.15) is 0 Å². The Balaban J connectivity index is 2.30. The number of carboxylic acid groups (broad SMARTS) is 1. The number of aromatic nitrogens is 3. The average molecular weight is 299 g/mol. The first-order chi connectivity index (χ1) is 9.13. The number of aliphatic hydroxyl groups is 1. The van der Waals surface area contributed by atoms with Gasteiger partial charge in [-0.1, -0.05) is 17.8 Å². The number of nitrogens with zero attached hydrogens (tertiary/aromatic N) is 3. The van der Waals surface area contributed by atoms with Crippen molar-refractivity contribution in [2.45, 2.75) is 24.7 Å². The quantitative estimate of drug-likeness (QED) is 0.788. The van der Waals surface area contributed by atoms with Crippen molar-refractivity contribution in [3.05, 3.63) is 28.2 Å². The number of thiophene rings is 1. The monoisotopic (exact) mass is 299 g/mol. The van der Waals surface area contributed by atoms with Crippen LogP contribution in [0.5, 0.6) is 0 Å². The van der Waals surface area contributed by atoms with Gasteiger partial charge in [-0.3, -0.25) is 9.36 Å². The average Bonchev–Trinajstić information content (AvgIpc) is 3.04. The number of rotatable bonds is 6. The second-order valence-electron chi connectivity index (χ2n) is 3.80. The first-order valence-corrected chi connectivity index (χ1v) is 7.42. The highest BCUT2D eigenvalue weighted by Crippen LogP contribution is 2.28. The van der Waals surface area contributed by atoms with Crippen LogP contribution in [0.25, 0.3) is 0 Å². The molecule has 19 heavy (non-hydrogen) atoms. The standard InChI is InChI=1S/C11H13N3O3S2/c1-7(8-3-2-4-18-8)14-9(5-15)12-13-11(14)19-6-10(16)17/h2-4,7,15H,5-6H2,1H3,(H,16,17). The van der Waals surface area contributed by atoms with E-state index in [0.717, 1.165) is 16.6 Å². The molecule has 0 spiro atoms. The molecule has 102 valence electrons. The fourth-order valence-corrected chi connectivity index (χ4v) is 3.21. The van der Waals surface area contributed by atoms with E-state index in [1.165, 1.54) is 0 Å². The zero-order valence-electron chi connectivity index (χ0n) is 10.2. The van der Waals surface area contributed by atoms with Gasteiger partial charge in [-0.05, 0) is 18.4 Å². The summed E-state index contributed by atoms with van der Waals surface area (Å²) < 4.78 is 1.78. The van der Waals surface area contributed by atoms with Crippen LogP contribution in [-0.4, -0.2) is 36.7 Å². The van der Waals surface area contributed by atoms with Crippen molar-refractivity contribution in [3.8, 4) is 0 Å². The molecule has 2 aromatic rings. The highest BCUT2D eigenvalue weighted by Gasteiger charge is 2.19. The molecule has 0 saturated carbocycles. The van der Waals surface area contributed by atoms with Gasteiger partial charge >= 0.3 is 5.97 Å². The summed E-state index contributed by atoms with van der Waals surface area (Å²) in [5.74, 6) is -0.552. The van der Waals surface area contributed by atoms with Crippen LogP contribution in [-0.2, 0) is 11.4 Å². The van der Waals surface area contributed by atoms with E-state index in [-0.39, 0.29) is 18.4 Å². The number of carbonyl (C=O) groups is 1. The molecule has 6 nitrogen and oxygen atoms in total. The van der Waals surface area contributed by atoms with Crippen LogP contribution in [0, 0.1) is 0 Å². The third kappa shape index (κ3) is 3.14. The second-order valence-corrected chi connectivity index (χ2v) is 5.72. The summed E-state index contributed by atoms with van der Waals surface area (Å²) in [4.78, 5) is 11.7. The molecular weight excluding hydrogens is 286 g/mol. The summed E-state index contributed by atoms with van der Waals surface area (Å²) in [5.41, 5.74) is 0. The molecule has 0 radical (unpaired) electrons. The Labute approximate surface area is 118 Å². The number of aliphatic hydroxyl groups excluding tert-OH is 1. The summed E-state index contributed by atoms with van der Waals surface area (Å²) in [6.45, 7) is 1.75. The smallest absolute Gasteiger partial charge is 0.313 e. The van der Waals surface area contributed by atoms with Crippen LogP contribution < -0.4 is 0 Å². The molecule has 1 atom stereocenters. The van der Waals surface area contributed by atoms with E-state index in [1.54, 1.807) is 15.9 Å². The van der Waals surface area contributed by atoms with Gasteiger partial charge in [0, 0.05) is 4.88 Å². The van der Waals surface area contributed by atoms with Gasteiger partial charge in [0.1, 0.15) is 6.61 Å². The van der Waals surface area contributed by atoms with Gasteiger partial charge in [0.25, 0.3) is 0 Å². The molecule has 2 aromatic heterocycles. The highest BCUT2D eigenvalue weighted by atomic mass is 32.2. The fourth-order valence-electron chi connectivity index (χ4n) is 1.69. The fraction of sp³-hybridized carbons (Fsp3) is 0.364. The van der Waals surface area contributed by atoms with E-state index < -0.39 is 5.97 Å². The molecule has 2 N–H and O–H groups in total. The van der Waals surface area contributed by atoms with Crippen molar-refractivity contribution in [2.24, 2.45) is 0 Å². The van der Waals surface area contributed by atoms with Crippen molar-refractivity contribution in [2.75, 3.05) is 5.75 Å². The molecule has 0 amide bonds. The van der Waals surface area contributed by atoms with Crippen molar-refractivity contribution >= 4 is 29.1 Å². The normalized spacial score (nSPS) is 12.5. The Bertz CT molecular complexity index is 554. The summed E-state index contributed by atoms with van der Waals surface area (Å²) >= 11 is 2.70. The molecule has 2 heterocycles. The lowest BCUT2D eigenvalue weighted by molar-refractivity contribution is -0.133. The molecule has 8 heteroatoms. The minimum Gasteiger partial charge on any atom is -0.481 e. The maximum Gasteiger partial charge on any atom is 0.313 e. The summed E-state index contributed by atoms with van der Waals surface area (Å²) in [7, 11) is 0. The first-order valence-electron chi connectivity index (χ1n) is 5.56. The summed E-state index contributed by atoms with van der Waals surface area (Å²) in [5, 5.41) is 28.4. The van der Waals surface area contributed by atoms with Gasteiger partial charge in [0.2, 0.25) is 0 Å². The zero-order valence-corrected chi connectivity index (χ0v) is 11.8. The highest BCUT2D eigenvalue weighted by molar-refractivity contribution is 7.99. The maximum atomic E-state index is 10.6. The number of hydrogen-bond acceptors (Lipinski definition) is 6. The van der Waals surface area contributed by atoms with E-state index >= 15 is 0 Å². The van der Waals surface area contributed by atoms with Crippen LogP contribution in [0.4, 0.5) is 0 Å². The van der Waals surface area contributed by atoms with Gasteiger partial charge in [-0.15, -0.1) is 21.5 Å². The Kier molecular flexibility index (Phi) is 4.56. The van der Waals surface area contributed by atoms with Crippen LogP contribution in [0.2, 0.25) is 0 Å². The van der Waals surface area contributed by atoms with Crippen molar-refractivity contribution in [1.82, 2.24) is 14.8 Å². The molecule has 0 aliphatic heterocycles. The SMILES string of the molecule is CC(c1cccs1)n1c(CO)nnc1SCC(=O)O. The number of hydrogen-bond donors (Lipinski definition) is 2. The molecular formula is C11H13N3O3S2. The second kappa shape index (κ2) is 6.18. The minimum atomic E-state index is -0.908. The molecule has 1 unspecified atom stereocenters. The van der Waals surface area contributed by atoms with Gasteiger partial charge < -0.3 is 10.2 Å². The zero-order chi connectivity index (χ0) is 13.8. The van der Waals surface area contributed by atoms with E-state index in [1.807, 2.05) is 24.4 Å². The molecule has 0 aliphatic carbocycles. The van der Waals surface area contributed by atoms with Crippen LogP contribution in [0.3, 0.4) is 0 Å². The van der Waals surface area contributed by atoms with E-state index in [4.69, 9.17) is 5.11 Å². The summed E-state index contributed by atoms with van der Waals surface area (Å²) in [6, 6.07) is 3.90. The first kappa shape index (κ1) is 14.0. The minimum absolute atomic E-state index is 0.0338. The molecule has 2 rings (SSSR count). The van der Waals surface area contributed by atoms with Gasteiger partial charge in [0.15, 0.2) is 11.0 Å². The lowest BCUT2D eigenvalue weighted by atomic mass is 10.2. The van der Waals surface area contributed by atoms with Crippen molar-refractivity contribution < 1.29 is 15.0 Å². The number of aliphatic carboxylic acids is 1. The molecule has 0 fully saturated rings. The van der Waals surface area contributed by atoms with Gasteiger partial charge in [0.05, 0.1) is 11.8 Å². The largest absolute Gasteiger partial charge is 0.481 e. The van der Waals surface area contributed by atoms with Crippen LogP contribution >= 0.6 is 23.1 Å². The summed E-state index contributed by atoms with van der Waals surface area (Å²) in [6.07, 6.45) is 0. The third-order valence-corrected chi connectivity index (χ3v) is 4.51. The Morgan fingerprint density at radius 2 is 2.37 bits per heavy atom.